The number of aliphatic carboxylic acids is 1. The lowest BCUT2D eigenvalue weighted by molar-refractivity contribution is -0.148. The van der Waals surface area contributed by atoms with E-state index in [-0.39, 0.29) is 36.5 Å². The van der Waals surface area contributed by atoms with Gasteiger partial charge >= 0.3 is 24.3 Å². The first kappa shape index (κ1) is 42.4. The van der Waals surface area contributed by atoms with Crippen LogP contribution < -0.4 is 11.1 Å². The maximum atomic E-state index is 13.3. The van der Waals surface area contributed by atoms with Crippen LogP contribution >= 0.6 is 0 Å². The number of carboxylic acids is 1. The molecule has 0 spiro atoms. The average Bonchev–Trinajstić information content (AvgIpc) is 2.91. The van der Waals surface area contributed by atoms with Crippen LogP contribution in [-0.2, 0) is 39.5 Å². The lowest BCUT2D eigenvalue weighted by atomic mass is 10.0. The number of hydrogen-bond donors (Lipinski definition) is 1. The molecular formula is C32H46F6N4O6. The minimum atomic E-state index is -4.66. The van der Waals surface area contributed by atoms with Gasteiger partial charge in [0.05, 0.1) is 17.7 Å². The molecule has 0 aliphatic carbocycles. The number of rotatable bonds is 13. The molecule has 0 fully saturated rings. The lowest BCUT2D eigenvalue weighted by Crippen LogP contribution is -2.35. The molecule has 0 saturated carbocycles. The normalized spacial score (nSPS) is 13.5. The predicted molar refractivity (Wildman–Crippen MR) is 168 cm³/mol. The molecule has 0 aromatic carbocycles. The highest BCUT2D eigenvalue weighted by Gasteiger charge is 2.37. The second-order valence-corrected chi connectivity index (χ2v) is 12.5. The van der Waals surface area contributed by atoms with Gasteiger partial charge in [-0.25, -0.2) is 9.59 Å². The molecule has 2 rings (SSSR count). The molecule has 2 atom stereocenters. The van der Waals surface area contributed by atoms with E-state index in [9.17, 15) is 50.6 Å². The number of aromatic nitrogens is 2. The van der Waals surface area contributed by atoms with Crippen LogP contribution in [0, 0.1) is 11.8 Å². The van der Waals surface area contributed by atoms with Gasteiger partial charge in [0, 0.05) is 37.6 Å². The van der Waals surface area contributed by atoms with E-state index in [1.165, 1.54) is 0 Å². The smallest absolute Gasteiger partial charge is 0.416 e. The molecule has 2 aromatic rings. The second-order valence-electron chi connectivity index (χ2n) is 12.5. The first-order valence-electron chi connectivity index (χ1n) is 15.3. The summed E-state index contributed by atoms with van der Waals surface area (Å²) in [6.45, 7) is 9.12. The number of esters is 1. The van der Waals surface area contributed by atoms with Crippen LogP contribution in [0.5, 0.6) is 0 Å². The van der Waals surface area contributed by atoms with Gasteiger partial charge in [-0.1, -0.05) is 27.7 Å². The molecule has 1 N–H and O–H groups in total. The Morgan fingerprint density at radius 3 is 1.38 bits per heavy atom. The Morgan fingerprint density at radius 2 is 1.10 bits per heavy atom. The van der Waals surface area contributed by atoms with Crippen molar-refractivity contribution in [3.63, 3.8) is 0 Å². The number of ether oxygens (including phenoxy) is 1. The number of halogens is 6. The predicted octanol–water partition coefficient (Wildman–Crippen LogP) is 4.98. The van der Waals surface area contributed by atoms with Crippen molar-refractivity contribution in [3.8, 4) is 0 Å². The minimum absolute atomic E-state index is 0.0178. The number of alkyl halides is 6. The standard InChI is InChI=1S/C17H25F3N2O3.C15H21F3N2O3/c1-6-25-16(24)15(11(2)3)22-10-12(7-8-21(4)5)13(9-14(22)23)17(18,19)20;1-9(2)13(14(22)23)20-8-10(5-6-19(3)4)11(7-12(20)21)15(16,17)18/h9-11,15H,6-8H2,1-5H3;7-9,13H,5-6H2,1-4H3,(H,22,23). The third kappa shape index (κ3) is 12.1. The van der Waals surface area contributed by atoms with Gasteiger partial charge in [-0.15, -0.1) is 0 Å². The molecule has 0 bridgehead atoms. The molecular weight excluding hydrogens is 650 g/mol. The maximum Gasteiger partial charge on any atom is 0.416 e. The Balaban J connectivity index is 0.000000482. The Hall–Kier alpha value is -3.66. The summed E-state index contributed by atoms with van der Waals surface area (Å²) >= 11 is 0. The summed E-state index contributed by atoms with van der Waals surface area (Å²) in [4.78, 5) is 51.3. The highest BCUT2D eigenvalue weighted by Crippen LogP contribution is 2.33. The third-order valence-corrected chi connectivity index (χ3v) is 7.24. The summed E-state index contributed by atoms with van der Waals surface area (Å²) in [5, 5.41) is 9.27. The third-order valence-electron chi connectivity index (χ3n) is 7.24. The molecule has 2 aromatic heterocycles. The largest absolute Gasteiger partial charge is 0.480 e. The fraction of sp³-hybridized carbons (Fsp3) is 0.625. The van der Waals surface area contributed by atoms with Crippen molar-refractivity contribution in [3.05, 3.63) is 67.5 Å². The molecule has 0 radical (unpaired) electrons. The van der Waals surface area contributed by atoms with Crippen molar-refractivity contribution >= 4 is 11.9 Å². The Labute approximate surface area is 275 Å². The minimum Gasteiger partial charge on any atom is -0.480 e. The van der Waals surface area contributed by atoms with E-state index in [1.54, 1.807) is 72.6 Å². The molecule has 48 heavy (non-hydrogen) atoms. The summed E-state index contributed by atoms with van der Waals surface area (Å²) in [7, 11) is 6.94. The van der Waals surface area contributed by atoms with E-state index in [0.29, 0.717) is 25.2 Å². The van der Waals surface area contributed by atoms with E-state index in [0.717, 1.165) is 21.5 Å². The summed E-state index contributed by atoms with van der Waals surface area (Å²) in [5.41, 5.74) is -3.90. The van der Waals surface area contributed by atoms with Crippen molar-refractivity contribution in [2.24, 2.45) is 11.8 Å². The topological polar surface area (TPSA) is 114 Å². The molecule has 0 saturated heterocycles. The molecule has 0 aliphatic heterocycles. The lowest BCUT2D eigenvalue weighted by Gasteiger charge is -2.24. The zero-order chi connectivity index (χ0) is 37.3. The van der Waals surface area contributed by atoms with Crippen LogP contribution in [0.25, 0.3) is 0 Å². The van der Waals surface area contributed by atoms with Crippen LogP contribution in [0.4, 0.5) is 26.3 Å². The second kappa shape index (κ2) is 17.7. The van der Waals surface area contributed by atoms with Gasteiger partial charge in [0.2, 0.25) is 0 Å². The van der Waals surface area contributed by atoms with Gasteiger partial charge in [-0.05, 0) is 70.9 Å². The fourth-order valence-corrected chi connectivity index (χ4v) is 4.89. The average molecular weight is 697 g/mol. The van der Waals surface area contributed by atoms with Crippen LogP contribution in [0.15, 0.2) is 34.1 Å². The van der Waals surface area contributed by atoms with Gasteiger partial charge in [0.25, 0.3) is 11.1 Å². The highest BCUT2D eigenvalue weighted by molar-refractivity contribution is 5.74. The summed E-state index contributed by atoms with van der Waals surface area (Å²) in [6, 6.07) is -1.11. The van der Waals surface area contributed by atoms with E-state index in [4.69, 9.17) is 4.74 Å². The number of pyridine rings is 2. The van der Waals surface area contributed by atoms with Crippen molar-refractivity contribution in [2.75, 3.05) is 47.9 Å². The summed E-state index contributed by atoms with van der Waals surface area (Å²) < 4.78 is 86.1. The van der Waals surface area contributed by atoms with Crippen LogP contribution in [0.3, 0.4) is 0 Å². The summed E-state index contributed by atoms with van der Waals surface area (Å²) in [5.74, 6) is -2.63. The zero-order valence-electron chi connectivity index (χ0n) is 28.7. The first-order chi connectivity index (χ1) is 21.9. The quantitative estimate of drug-likeness (QED) is 0.231. The number of carbonyl (C=O) groups excluding carboxylic acids is 1. The van der Waals surface area contributed by atoms with Crippen molar-refractivity contribution in [2.45, 2.75) is 71.9 Å². The number of carbonyl (C=O) groups is 2. The number of likely N-dealkylation sites (N-methyl/N-ethyl adjacent to an activating group) is 2. The molecule has 272 valence electrons. The molecule has 10 nitrogen and oxygen atoms in total. The Bertz CT molecular complexity index is 1500. The number of nitrogens with zero attached hydrogens (tertiary/aromatic N) is 4. The summed E-state index contributed by atoms with van der Waals surface area (Å²) in [6.07, 6.45) is -6.93. The van der Waals surface area contributed by atoms with Crippen molar-refractivity contribution in [1.82, 2.24) is 18.9 Å². The van der Waals surface area contributed by atoms with Gasteiger partial charge < -0.3 is 28.8 Å². The number of hydrogen-bond acceptors (Lipinski definition) is 7. The van der Waals surface area contributed by atoms with Crippen molar-refractivity contribution in [1.29, 1.82) is 0 Å². The van der Waals surface area contributed by atoms with Gasteiger partial charge in [-0.2, -0.15) is 26.3 Å². The zero-order valence-corrected chi connectivity index (χ0v) is 28.7. The molecule has 16 heteroatoms. The monoisotopic (exact) mass is 696 g/mol. The van der Waals surface area contributed by atoms with E-state index < -0.39 is 64.5 Å². The Morgan fingerprint density at radius 1 is 0.750 bits per heavy atom. The van der Waals surface area contributed by atoms with E-state index >= 15 is 0 Å². The van der Waals surface area contributed by atoms with Gasteiger partial charge in [0.15, 0.2) is 0 Å². The molecule has 0 amide bonds. The number of carboxylic acid groups (broad SMARTS) is 1. The Kier molecular flexibility index (Phi) is 15.6. The molecule has 2 unspecified atom stereocenters. The molecule has 2 heterocycles. The van der Waals surface area contributed by atoms with Crippen LogP contribution in [0.1, 0.15) is 69.0 Å². The van der Waals surface area contributed by atoms with Gasteiger partial charge in [-0.3, -0.25) is 9.59 Å². The SMILES string of the molecule is CC(C)C(C(=O)O)n1cc(CCN(C)C)c(C(F)(F)F)cc1=O.CCOC(=O)C(C(C)C)n1cc(CCN(C)C)c(C(F)(F)F)cc1=O. The fourth-order valence-electron chi connectivity index (χ4n) is 4.89. The van der Waals surface area contributed by atoms with Crippen LogP contribution in [-0.4, -0.2) is 83.9 Å². The molecule has 0 aliphatic rings. The van der Waals surface area contributed by atoms with Gasteiger partial charge in [0.1, 0.15) is 12.1 Å². The van der Waals surface area contributed by atoms with Crippen LogP contribution in [0.2, 0.25) is 0 Å². The van der Waals surface area contributed by atoms with E-state index in [1.807, 2.05) is 0 Å². The van der Waals surface area contributed by atoms with E-state index in [2.05, 4.69) is 0 Å². The highest BCUT2D eigenvalue weighted by atomic mass is 19.4. The first-order valence-corrected chi connectivity index (χ1v) is 15.3. The maximum absolute atomic E-state index is 13.3. The van der Waals surface area contributed by atoms with Crippen molar-refractivity contribution < 1.29 is 45.8 Å².